The Balaban J connectivity index is 1.70. The number of hydrogen-bond acceptors (Lipinski definition) is 4. The van der Waals surface area contributed by atoms with E-state index < -0.39 is 11.3 Å². The SMILES string of the molecule is CC(C)(O)c1ccc2c(c1)C(=O)N(Cc1ccc(Cl)cc1)C2(OCC1(CO)CC1)c1ccc(Cl)cc1. The number of benzene rings is 3. The summed E-state index contributed by atoms with van der Waals surface area (Å²) < 4.78 is 6.78. The van der Waals surface area contributed by atoms with E-state index in [0.717, 1.165) is 24.0 Å². The van der Waals surface area contributed by atoms with Crippen LogP contribution >= 0.6 is 23.2 Å². The number of rotatable bonds is 8. The zero-order chi connectivity index (χ0) is 25.7. The third-order valence-electron chi connectivity index (χ3n) is 7.32. The van der Waals surface area contributed by atoms with E-state index >= 15 is 0 Å². The summed E-state index contributed by atoms with van der Waals surface area (Å²) in [5, 5.41) is 21.8. The predicted octanol–water partition coefficient (Wildman–Crippen LogP) is 5.87. The average molecular weight is 526 g/mol. The molecule has 3 aromatic rings. The van der Waals surface area contributed by atoms with Crippen molar-refractivity contribution in [1.82, 2.24) is 4.90 Å². The molecule has 7 heteroatoms. The first-order chi connectivity index (χ1) is 17.1. The topological polar surface area (TPSA) is 70.0 Å². The van der Waals surface area contributed by atoms with Gasteiger partial charge >= 0.3 is 0 Å². The molecule has 0 radical (unpaired) electrons. The van der Waals surface area contributed by atoms with E-state index in [-0.39, 0.29) is 24.5 Å². The van der Waals surface area contributed by atoms with Crippen molar-refractivity contribution in [3.63, 3.8) is 0 Å². The highest BCUT2D eigenvalue weighted by molar-refractivity contribution is 6.30. The molecule has 5 nitrogen and oxygen atoms in total. The van der Waals surface area contributed by atoms with E-state index in [2.05, 4.69) is 0 Å². The van der Waals surface area contributed by atoms with E-state index in [0.29, 0.717) is 33.3 Å². The first-order valence-electron chi connectivity index (χ1n) is 12.0. The Morgan fingerprint density at radius 3 is 2.14 bits per heavy atom. The molecule has 1 amide bonds. The van der Waals surface area contributed by atoms with Crippen LogP contribution in [0.2, 0.25) is 10.0 Å². The first kappa shape index (κ1) is 25.2. The average Bonchev–Trinajstić information content (AvgIpc) is 3.60. The second-order valence-electron chi connectivity index (χ2n) is 10.4. The van der Waals surface area contributed by atoms with Crippen molar-refractivity contribution < 1.29 is 19.7 Å². The molecular weight excluding hydrogens is 497 g/mol. The van der Waals surface area contributed by atoms with Crippen LogP contribution in [-0.2, 0) is 22.6 Å². The van der Waals surface area contributed by atoms with E-state index in [4.69, 9.17) is 27.9 Å². The maximum atomic E-state index is 14.1. The molecule has 1 unspecified atom stereocenters. The Hall–Kier alpha value is -2.41. The molecule has 1 aliphatic heterocycles. The van der Waals surface area contributed by atoms with Crippen LogP contribution in [0.15, 0.2) is 66.7 Å². The second kappa shape index (κ2) is 9.16. The Kier molecular flexibility index (Phi) is 6.42. The monoisotopic (exact) mass is 525 g/mol. The van der Waals surface area contributed by atoms with Crippen molar-refractivity contribution in [1.29, 1.82) is 0 Å². The van der Waals surface area contributed by atoms with Gasteiger partial charge in [-0.05, 0) is 68.1 Å². The maximum Gasteiger partial charge on any atom is 0.257 e. The summed E-state index contributed by atoms with van der Waals surface area (Å²) in [6, 6.07) is 20.2. The fourth-order valence-electron chi connectivity index (χ4n) is 4.80. The third-order valence-corrected chi connectivity index (χ3v) is 7.82. The summed E-state index contributed by atoms with van der Waals surface area (Å²) in [5.74, 6) is -0.199. The lowest BCUT2D eigenvalue weighted by Crippen LogP contribution is -2.47. The highest BCUT2D eigenvalue weighted by Crippen LogP contribution is 2.51. The fraction of sp³-hybridized carbons (Fsp3) is 0.345. The van der Waals surface area contributed by atoms with Crippen LogP contribution in [0.25, 0.3) is 0 Å². The molecule has 36 heavy (non-hydrogen) atoms. The lowest BCUT2D eigenvalue weighted by molar-refractivity contribution is -0.128. The molecule has 1 atom stereocenters. The highest BCUT2D eigenvalue weighted by Gasteiger charge is 2.54. The number of carbonyl (C=O) groups is 1. The fourth-order valence-corrected chi connectivity index (χ4v) is 5.05. The Labute approximate surface area is 221 Å². The molecule has 0 saturated heterocycles. The van der Waals surface area contributed by atoms with Gasteiger partial charge in [0.15, 0.2) is 5.72 Å². The number of amides is 1. The summed E-state index contributed by atoms with van der Waals surface area (Å²) in [4.78, 5) is 15.8. The van der Waals surface area contributed by atoms with E-state index in [1.807, 2.05) is 36.4 Å². The minimum atomic E-state index is -1.24. The van der Waals surface area contributed by atoms with E-state index in [9.17, 15) is 15.0 Å². The standard InChI is InChI=1S/C29H29Cl2NO4/c1-27(2,35)21-7-12-25-24(15-21)26(34)32(16-19-3-8-22(30)9-4-19)29(25,20-5-10-23(31)11-6-20)36-18-28(17-33)13-14-28/h3-12,15,33,35H,13-14,16-18H2,1-2H3. The first-order valence-corrected chi connectivity index (χ1v) is 12.8. The van der Waals surface area contributed by atoms with Crippen LogP contribution < -0.4 is 0 Å². The molecule has 0 bridgehead atoms. The third kappa shape index (κ3) is 4.44. The number of aliphatic hydroxyl groups is 2. The van der Waals surface area contributed by atoms with Crippen LogP contribution in [0.5, 0.6) is 0 Å². The summed E-state index contributed by atoms with van der Waals surface area (Å²) in [7, 11) is 0. The molecule has 1 heterocycles. The Morgan fingerprint density at radius 2 is 1.58 bits per heavy atom. The quantitative estimate of drug-likeness (QED) is 0.386. The molecular formula is C29H29Cl2NO4. The molecule has 1 saturated carbocycles. The Morgan fingerprint density at radius 1 is 0.972 bits per heavy atom. The van der Waals surface area contributed by atoms with Crippen LogP contribution in [0.4, 0.5) is 0 Å². The molecule has 188 valence electrons. The molecule has 0 spiro atoms. The van der Waals surface area contributed by atoms with E-state index in [1.54, 1.807) is 49.1 Å². The van der Waals surface area contributed by atoms with Crippen molar-refractivity contribution in [2.45, 2.75) is 44.6 Å². The van der Waals surface area contributed by atoms with Crippen molar-refractivity contribution >= 4 is 29.1 Å². The predicted molar refractivity (Wildman–Crippen MR) is 140 cm³/mol. The number of fused-ring (bicyclic) bond motifs is 1. The van der Waals surface area contributed by atoms with Crippen LogP contribution in [0.1, 0.15) is 59.3 Å². The van der Waals surface area contributed by atoms with Gasteiger partial charge in [-0.2, -0.15) is 0 Å². The van der Waals surface area contributed by atoms with Gasteiger partial charge < -0.3 is 14.9 Å². The van der Waals surface area contributed by atoms with Gasteiger partial charge in [0, 0.05) is 38.7 Å². The number of nitrogens with zero attached hydrogens (tertiary/aromatic N) is 1. The number of carbonyl (C=O) groups excluding carboxylic acids is 1. The van der Waals surface area contributed by atoms with Crippen molar-refractivity contribution in [3.05, 3.63) is 105 Å². The van der Waals surface area contributed by atoms with Gasteiger partial charge in [-0.1, -0.05) is 59.6 Å². The molecule has 0 aromatic heterocycles. The van der Waals surface area contributed by atoms with Crippen LogP contribution in [0.3, 0.4) is 0 Å². The molecule has 3 aromatic carbocycles. The van der Waals surface area contributed by atoms with Crippen LogP contribution in [0, 0.1) is 5.41 Å². The summed E-state index contributed by atoms with van der Waals surface area (Å²) >= 11 is 12.3. The van der Waals surface area contributed by atoms with Gasteiger partial charge in [0.05, 0.1) is 18.8 Å². The summed E-state index contributed by atoms with van der Waals surface area (Å²) in [6.45, 7) is 3.99. The number of halogens is 2. The number of aliphatic hydroxyl groups excluding tert-OH is 1. The molecule has 1 fully saturated rings. The molecule has 2 N–H and O–H groups in total. The summed E-state index contributed by atoms with van der Waals surface area (Å²) in [6.07, 6.45) is 1.74. The minimum absolute atomic E-state index is 0.0271. The van der Waals surface area contributed by atoms with Gasteiger partial charge in [-0.25, -0.2) is 0 Å². The lowest BCUT2D eigenvalue weighted by Gasteiger charge is -2.40. The van der Waals surface area contributed by atoms with Gasteiger partial charge in [0.1, 0.15) is 0 Å². The zero-order valence-electron chi connectivity index (χ0n) is 20.3. The number of hydrogen-bond donors (Lipinski definition) is 2. The van der Waals surface area contributed by atoms with Crippen molar-refractivity contribution in [2.75, 3.05) is 13.2 Å². The molecule has 2 aliphatic rings. The molecule has 5 rings (SSSR count). The summed E-state index contributed by atoms with van der Waals surface area (Å²) in [5.41, 5.74) is 0.826. The molecule has 1 aliphatic carbocycles. The maximum absolute atomic E-state index is 14.1. The van der Waals surface area contributed by atoms with Gasteiger partial charge in [0.25, 0.3) is 5.91 Å². The van der Waals surface area contributed by atoms with Crippen molar-refractivity contribution in [2.24, 2.45) is 5.41 Å². The zero-order valence-corrected chi connectivity index (χ0v) is 21.8. The van der Waals surface area contributed by atoms with Gasteiger partial charge in [-0.3, -0.25) is 9.69 Å². The van der Waals surface area contributed by atoms with E-state index in [1.165, 1.54) is 0 Å². The van der Waals surface area contributed by atoms with Crippen molar-refractivity contribution in [3.8, 4) is 0 Å². The minimum Gasteiger partial charge on any atom is -0.396 e. The normalized spacial score (nSPS) is 20.5. The largest absolute Gasteiger partial charge is 0.396 e. The van der Waals surface area contributed by atoms with Crippen LogP contribution in [-0.4, -0.2) is 34.2 Å². The second-order valence-corrected chi connectivity index (χ2v) is 11.3. The smallest absolute Gasteiger partial charge is 0.257 e. The van der Waals surface area contributed by atoms with Gasteiger partial charge in [0.2, 0.25) is 0 Å². The highest BCUT2D eigenvalue weighted by atomic mass is 35.5. The Bertz CT molecular complexity index is 1280. The lowest BCUT2D eigenvalue weighted by atomic mass is 9.89. The number of ether oxygens (including phenoxy) is 1. The van der Waals surface area contributed by atoms with Gasteiger partial charge in [-0.15, -0.1) is 0 Å².